The van der Waals surface area contributed by atoms with Crippen molar-refractivity contribution < 1.29 is 16.8 Å². The number of benzene rings is 2. The molecule has 0 bridgehead atoms. The van der Waals surface area contributed by atoms with Gasteiger partial charge in [-0.3, -0.25) is 0 Å². The van der Waals surface area contributed by atoms with E-state index in [1.807, 2.05) is 84.3 Å². The molecule has 148 valence electrons. The minimum Gasteiger partial charge on any atom is -0.369 e. The van der Waals surface area contributed by atoms with Crippen LogP contribution in [0.2, 0.25) is 0 Å². The van der Waals surface area contributed by atoms with Crippen molar-refractivity contribution in [3.8, 4) is 0 Å². The van der Waals surface area contributed by atoms with E-state index < -0.39 is 10.4 Å². The Hall–Kier alpha value is -2.09. The molecule has 0 unspecified atom stereocenters. The Morgan fingerprint density at radius 3 is 1.41 bits per heavy atom. The summed E-state index contributed by atoms with van der Waals surface area (Å²) in [4.78, 5) is 4.09. The summed E-state index contributed by atoms with van der Waals surface area (Å²) in [5, 5.41) is 0. The van der Waals surface area contributed by atoms with E-state index in [4.69, 9.17) is 8.37 Å². The van der Waals surface area contributed by atoms with Crippen LogP contribution in [0.25, 0.3) is 0 Å². The standard InChI is InChI=1S/C20H28N2O4S/c1-3-21(19-11-7-5-8-12-19)15-17-25-27(23,24)26-18-16-22(4-2)20-13-9-6-10-14-20/h5-14H,3-4,15-18H2,1-2H3. The quantitative estimate of drug-likeness (QED) is 0.552. The fraction of sp³-hybridized carbons (Fsp3) is 0.400. The molecule has 0 aliphatic carbocycles. The van der Waals surface area contributed by atoms with E-state index in [1.54, 1.807) is 0 Å². The van der Waals surface area contributed by atoms with Crippen LogP contribution in [-0.2, 0) is 18.8 Å². The predicted octanol–water partition coefficient (Wildman–Crippen LogP) is 3.32. The van der Waals surface area contributed by atoms with Crippen LogP contribution in [0.15, 0.2) is 60.7 Å². The summed E-state index contributed by atoms with van der Waals surface area (Å²) in [5.74, 6) is 0. The Kier molecular flexibility index (Phi) is 8.57. The summed E-state index contributed by atoms with van der Waals surface area (Å²) in [5.41, 5.74) is 2.06. The molecule has 0 saturated heterocycles. The lowest BCUT2D eigenvalue weighted by Crippen LogP contribution is -2.30. The van der Waals surface area contributed by atoms with E-state index in [0.29, 0.717) is 13.1 Å². The number of hydrogen-bond donors (Lipinski definition) is 0. The summed E-state index contributed by atoms with van der Waals surface area (Å²) in [6.45, 7) is 6.57. The summed E-state index contributed by atoms with van der Waals surface area (Å²) >= 11 is 0. The van der Waals surface area contributed by atoms with Gasteiger partial charge in [-0.2, -0.15) is 8.42 Å². The molecule has 6 nitrogen and oxygen atoms in total. The maximum absolute atomic E-state index is 12.0. The average molecular weight is 393 g/mol. The van der Waals surface area contributed by atoms with Gasteiger partial charge in [-0.15, -0.1) is 0 Å². The maximum atomic E-state index is 12.0. The van der Waals surface area contributed by atoms with E-state index in [-0.39, 0.29) is 13.2 Å². The van der Waals surface area contributed by atoms with Crippen LogP contribution in [0.5, 0.6) is 0 Å². The largest absolute Gasteiger partial charge is 0.399 e. The van der Waals surface area contributed by atoms with E-state index in [2.05, 4.69) is 0 Å². The van der Waals surface area contributed by atoms with Crippen molar-refractivity contribution in [3.05, 3.63) is 60.7 Å². The Morgan fingerprint density at radius 1 is 0.704 bits per heavy atom. The lowest BCUT2D eigenvalue weighted by atomic mass is 10.3. The molecule has 2 rings (SSSR count). The number of anilines is 2. The van der Waals surface area contributed by atoms with Gasteiger partial charge in [-0.05, 0) is 38.1 Å². The molecule has 0 heterocycles. The van der Waals surface area contributed by atoms with Crippen molar-refractivity contribution in [3.63, 3.8) is 0 Å². The van der Waals surface area contributed by atoms with Crippen LogP contribution in [-0.4, -0.2) is 47.8 Å². The fourth-order valence-electron chi connectivity index (χ4n) is 2.75. The van der Waals surface area contributed by atoms with Gasteiger partial charge in [0.2, 0.25) is 0 Å². The first-order chi connectivity index (χ1) is 13.1. The molecule has 0 aliphatic rings. The smallest absolute Gasteiger partial charge is 0.369 e. The first-order valence-corrected chi connectivity index (χ1v) is 10.5. The zero-order valence-corrected chi connectivity index (χ0v) is 16.8. The number of hydrogen-bond acceptors (Lipinski definition) is 6. The van der Waals surface area contributed by atoms with Crippen LogP contribution in [0.1, 0.15) is 13.8 Å². The molecule has 0 amide bonds. The topological polar surface area (TPSA) is 59.1 Å². The van der Waals surface area contributed by atoms with Gasteiger partial charge in [0.05, 0.1) is 13.2 Å². The second-order valence-corrected chi connectivity index (χ2v) is 7.17. The molecule has 0 N–H and O–H groups in total. The van der Waals surface area contributed by atoms with Gasteiger partial charge in [-0.1, -0.05) is 36.4 Å². The zero-order valence-electron chi connectivity index (χ0n) is 16.0. The highest BCUT2D eigenvalue weighted by Crippen LogP contribution is 2.14. The summed E-state index contributed by atoms with van der Waals surface area (Å²) in [6.07, 6.45) is 0. The fourth-order valence-corrected chi connectivity index (χ4v) is 3.38. The van der Waals surface area contributed by atoms with Crippen molar-refractivity contribution >= 4 is 21.8 Å². The predicted molar refractivity (Wildman–Crippen MR) is 109 cm³/mol. The highest BCUT2D eigenvalue weighted by molar-refractivity contribution is 7.81. The molecule has 2 aromatic rings. The van der Waals surface area contributed by atoms with Crippen LogP contribution in [0.4, 0.5) is 11.4 Å². The SMILES string of the molecule is CCN(CCOS(=O)(=O)OCCN(CC)c1ccccc1)c1ccccc1. The van der Waals surface area contributed by atoms with E-state index >= 15 is 0 Å². The normalized spacial score (nSPS) is 11.3. The van der Waals surface area contributed by atoms with Gasteiger partial charge >= 0.3 is 10.4 Å². The van der Waals surface area contributed by atoms with Crippen LogP contribution >= 0.6 is 0 Å². The minimum absolute atomic E-state index is 0.0429. The van der Waals surface area contributed by atoms with Crippen LogP contribution in [0.3, 0.4) is 0 Å². The van der Waals surface area contributed by atoms with E-state index in [1.165, 1.54) is 0 Å². The Balaban J connectivity index is 1.76. The third-order valence-corrected chi connectivity index (χ3v) is 5.09. The van der Waals surface area contributed by atoms with Crippen molar-refractivity contribution in [2.45, 2.75) is 13.8 Å². The molecular weight excluding hydrogens is 364 g/mol. The third-order valence-electron chi connectivity index (χ3n) is 4.18. The molecule has 0 radical (unpaired) electrons. The van der Waals surface area contributed by atoms with E-state index in [0.717, 1.165) is 24.5 Å². The van der Waals surface area contributed by atoms with Gasteiger partial charge in [0.25, 0.3) is 0 Å². The lowest BCUT2D eigenvalue weighted by molar-refractivity contribution is 0.221. The van der Waals surface area contributed by atoms with E-state index in [9.17, 15) is 8.42 Å². The number of rotatable bonds is 12. The Bertz CT molecular complexity index is 695. The van der Waals surface area contributed by atoms with Gasteiger partial charge in [0, 0.05) is 37.6 Å². The molecule has 0 saturated carbocycles. The Labute approximate surface area is 162 Å². The molecule has 7 heteroatoms. The lowest BCUT2D eigenvalue weighted by Gasteiger charge is -2.23. The number of nitrogens with zero attached hydrogens (tertiary/aromatic N) is 2. The Morgan fingerprint density at radius 2 is 1.07 bits per heavy atom. The zero-order chi connectivity index (χ0) is 19.5. The van der Waals surface area contributed by atoms with Crippen molar-refractivity contribution in [2.24, 2.45) is 0 Å². The van der Waals surface area contributed by atoms with Crippen LogP contribution in [0, 0.1) is 0 Å². The second-order valence-electron chi connectivity index (χ2n) is 5.88. The number of para-hydroxylation sites is 2. The highest BCUT2D eigenvalue weighted by Gasteiger charge is 2.14. The third kappa shape index (κ3) is 7.21. The maximum Gasteiger partial charge on any atom is 0.399 e. The molecule has 27 heavy (non-hydrogen) atoms. The highest BCUT2D eigenvalue weighted by atomic mass is 32.3. The molecule has 0 aromatic heterocycles. The van der Waals surface area contributed by atoms with Crippen molar-refractivity contribution in [1.82, 2.24) is 0 Å². The molecular formula is C20H28N2O4S. The monoisotopic (exact) mass is 392 g/mol. The molecule has 2 aromatic carbocycles. The van der Waals surface area contributed by atoms with Crippen molar-refractivity contribution in [2.75, 3.05) is 49.2 Å². The van der Waals surface area contributed by atoms with Gasteiger partial charge < -0.3 is 9.80 Å². The van der Waals surface area contributed by atoms with Crippen molar-refractivity contribution in [1.29, 1.82) is 0 Å². The van der Waals surface area contributed by atoms with Gasteiger partial charge in [-0.25, -0.2) is 8.37 Å². The first kappa shape index (κ1) is 21.2. The first-order valence-electron chi connectivity index (χ1n) is 9.19. The molecule has 0 aliphatic heterocycles. The van der Waals surface area contributed by atoms with Crippen LogP contribution < -0.4 is 9.80 Å². The van der Waals surface area contributed by atoms with Gasteiger partial charge in [0.15, 0.2) is 0 Å². The second kappa shape index (κ2) is 10.9. The van der Waals surface area contributed by atoms with Gasteiger partial charge in [0.1, 0.15) is 0 Å². The number of likely N-dealkylation sites (N-methyl/N-ethyl adjacent to an activating group) is 2. The molecule has 0 spiro atoms. The minimum atomic E-state index is -4.01. The summed E-state index contributed by atoms with van der Waals surface area (Å²) < 4.78 is 33.9. The average Bonchev–Trinajstić information content (AvgIpc) is 2.70. The summed E-state index contributed by atoms with van der Waals surface area (Å²) in [7, 11) is -4.01. The summed E-state index contributed by atoms with van der Waals surface area (Å²) in [6, 6.07) is 19.6. The molecule has 0 atom stereocenters. The molecule has 0 fully saturated rings.